The highest BCUT2D eigenvalue weighted by atomic mass is 16.5. The minimum absolute atomic E-state index is 0.563. The second kappa shape index (κ2) is 15.0. The smallest absolute Gasteiger partial charge is 0.0669 e. The molecule has 0 spiro atoms. The highest BCUT2D eigenvalue weighted by Crippen LogP contribution is 2.27. The van der Waals surface area contributed by atoms with E-state index in [0.717, 1.165) is 89.9 Å². The van der Waals surface area contributed by atoms with Gasteiger partial charge in [0.05, 0.1) is 11.2 Å². The second-order valence-electron chi connectivity index (χ2n) is 7.98. The molecule has 3 nitrogen and oxygen atoms in total. The summed E-state index contributed by atoms with van der Waals surface area (Å²) in [7, 11) is 0. The van der Waals surface area contributed by atoms with Crippen LogP contribution >= 0.6 is 0 Å². The van der Waals surface area contributed by atoms with Crippen molar-refractivity contribution in [3.05, 3.63) is 0 Å². The van der Waals surface area contributed by atoms with Gasteiger partial charge in [0.1, 0.15) is 0 Å². The van der Waals surface area contributed by atoms with E-state index in [0.29, 0.717) is 13.2 Å². The van der Waals surface area contributed by atoms with Gasteiger partial charge in [-0.2, -0.15) is 0 Å². The molecule has 0 saturated heterocycles. The number of rotatable bonds is 18. The molecule has 3 heteroatoms. The zero-order valence-corrected chi connectivity index (χ0v) is 17.6. The van der Waals surface area contributed by atoms with Gasteiger partial charge in [0.15, 0.2) is 0 Å². The molecule has 0 unspecified atom stereocenters. The molecule has 0 fully saturated rings. The highest BCUT2D eigenvalue weighted by Gasteiger charge is 2.27. The molecule has 0 radical (unpaired) electrons. The summed E-state index contributed by atoms with van der Waals surface area (Å²) in [6.07, 6.45) is 13.7. The van der Waals surface area contributed by atoms with E-state index in [-0.39, 0.29) is 0 Å². The molecule has 0 bridgehead atoms. The Morgan fingerprint density at radius 1 is 0.520 bits per heavy atom. The molecule has 25 heavy (non-hydrogen) atoms. The average Bonchev–Trinajstić information content (AvgIpc) is 2.61. The molecule has 152 valence electrons. The van der Waals surface area contributed by atoms with E-state index in [2.05, 4.69) is 27.7 Å². The van der Waals surface area contributed by atoms with Crippen LogP contribution in [-0.2, 0) is 4.74 Å². The first-order valence-electron chi connectivity index (χ1n) is 11.0. The molecule has 0 aliphatic heterocycles. The maximum atomic E-state index is 10.8. The number of unbranched alkanes of at least 4 members (excludes halogenated alkanes) is 4. The Balaban J connectivity index is 4.22. The Morgan fingerprint density at radius 3 is 1.04 bits per heavy atom. The fraction of sp³-hybridized carbons (Fsp3) is 1.00. The van der Waals surface area contributed by atoms with E-state index in [9.17, 15) is 10.2 Å². The Hall–Kier alpha value is -0.120. The van der Waals surface area contributed by atoms with Crippen LogP contribution in [0.1, 0.15) is 118 Å². The molecule has 0 aromatic rings. The molecule has 0 amide bonds. The Morgan fingerprint density at radius 2 is 0.800 bits per heavy atom. The van der Waals surface area contributed by atoms with E-state index >= 15 is 0 Å². The fourth-order valence-corrected chi connectivity index (χ4v) is 3.40. The van der Waals surface area contributed by atoms with Crippen LogP contribution in [0.4, 0.5) is 0 Å². The molecule has 2 N–H and O–H groups in total. The van der Waals surface area contributed by atoms with Crippen molar-refractivity contribution in [2.75, 3.05) is 13.2 Å². The van der Waals surface area contributed by atoms with Gasteiger partial charge in [-0.05, 0) is 38.5 Å². The largest absolute Gasteiger partial charge is 0.390 e. The first-order chi connectivity index (χ1) is 11.9. The molecular weight excluding hydrogens is 312 g/mol. The lowest BCUT2D eigenvalue weighted by Gasteiger charge is -2.30. The van der Waals surface area contributed by atoms with Gasteiger partial charge in [0.2, 0.25) is 0 Å². The Labute approximate surface area is 157 Å². The molecule has 0 aromatic heterocycles. The molecule has 0 aliphatic rings. The summed E-state index contributed by atoms with van der Waals surface area (Å²) in [6, 6.07) is 0. The molecule has 0 saturated carbocycles. The summed E-state index contributed by atoms with van der Waals surface area (Å²) in [5.41, 5.74) is -1.13. The van der Waals surface area contributed by atoms with Crippen LogP contribution in [0.2, 0.25) is 0 Å². The quantitative estimate of drug-likeness (QED) is 0.295. The standard InChI is InChI=1S/C22H46O3/c1-5-9-13-21(23,14-10-6-2)17-19-25-20-18-22(24,15-11-7-3)16-12-8-4/h23-24H,5-20H2,1-4H3. The lowest BCUT2D eigenvalue weighted by Crippen LogP contribution is -2.32. The van der Waals surface area contributed by atoms with Crippen molar-refractivity contribution in [3.63, 3.8) is 0 Å². The van der Waals surface area contributed by atoms with Gasteiger partial charge in [-0.15, -0.1) is 0 Å². The van der Waals surface area contributed by atoms with E-state index in [4.69, 9.17) is 4.74 Å². The van der Waals surface area contributed by atoms with E-state index in [1.165, 1.54) is 0 Å². The van der Waals surface area contributed by atoms with Crippen LogP contribution in [0.3, 0.4) is 0 Å². The number of hydrogen-bond donors (Lipinski definition) is 2. The van der Waals surface area contributed by atoms with Gasteiger partial charge < -0.3 is 14.9 Å². The van der Waals surface area contributed by atoms with Crippen molar-refractivity contribution in [2.45, 2.75) is 129 Å². The van der Waals surface area contributed by atoms with Crippen molar-refractivity contribution in [1.82, 2.24) is 0 Å². The molecule has 0 aliphatic carbocycles. The van der Waals surface area contributed by atoms with E-state index < -0.39 is 11.2 Å². The zero-order valence-electron chi connectivity index (χ0n) is 17.6. The zero-order chi connectivity index (χ0) is 19.0. The summed E-state index contributed by atoms with van der Waals surface area (Å²) in [4.78, 5) is 0. The van der Waals surface area contributed by atoms with Crippen LogP contribution in [0, 0.1) is 0 Å². The van der Waals surface area contributed by atoms with E-state index in [1.54, 1.807) is 0 Å². The molecule has 0 heterocycles. The molecule has 0 atom stereocenters. The number of ether oxygens (including phenoxy) is 1. The lowest BCUT2D eigenvalue weighted by molar-refractivity contribution is -0.0379. The predicted octanol–water partition coefficient (Wildman–Crippen LogP) is 6.01. The van der Waals surface area contributed by atoms with Crippen LogP contribution < -0.4 is 0 Å². The molecule has 0 rings (SSSR count). The summed E-state index contributed by atoms with van der Waals surface area (Å²) in [5.74, 6) is 0. The van der Waals surface area contributed by atoms with Gasteiger partial charge in [-0.25, -0.2) is 0 Å². The molecular formula is C22H46O3. The highest BCUT2D eigenvalue weighted by molar-refractivity contribution is 4.80. The number of hydrogen-bond acceptors (Lipinski definition) is 3. The van der Waals surface area contributed by atoms with Gasteiger partial charge in [-0.1, -0.05) is 79.1 Å². The molecule has 0 aromatic carbocycles. The Kier molecular flexibility index (Phi) is 14.9. The van der Waals surface area contributed by atoms with Gasteiger partial charge >= 0.3 is 0 Å². The normalized spacial score (nSPS) is 12.7. The topological polar surface area (TPSA) is 49.7 Å². The first-order valence-corrected chi connectivity index (χ1v) is 11.0. The van der Waals surface area contributed by atoms with Crippen molar-refractivity contribution in [1.29, 1.82) is 0 Å². The third kappa shape index (κ3) is 12.8. The van der Waals surface area contributed by atoms with Crippen molar-refractivity contribution in [3.8, 4) is 0 Å². The van der Waals surface area contributed by atoms with Crippen molar-refractivity contribution < 1.29 is 14.9 Å². The minimum atomic E-state index is -0.563. The van der Waals surface area contributed by atoms with E-state index in [1.807, 2.05) is 0 Å². The maximum Gasteiger partial charge on any atom is 0.0669 e. The fourth-order valence-electron chi connectivity index (χ4n) is 3.40. The third-order valence-corrected chi connectivity index (χ3v) is 5.41. The van der Waals surface area contributed by atoms with Crippen LogP contribution in [-0.4, -0.2) is 34.6 Å². The van der Waals surface area contributed by atoms with Crippen LogP contribution in [0.15, 0.2) is 0 Å². The maximum absolute atomic E-state index is 10.8. The first kappa shape index (κ1) is 24.9. The van der Waals surface area contributed by atoms with Gasteiger partial charge in [0, 0.05) is 13.2 Å². The van der Waals surface area contributed by atoms with Crippen LogP contribution in [0.25, 0.3) is 0 Å². The summed E-state index contributed by atoms with van der Waals surface area (Å²) in [5, 5.41) is 21.7. The van der Waals surface area contributed by atoms with Gasteiger partial charge in [-0.3, -0.25) is 0 Å². The third-order valence-electron chi connectivity index (χ3n) is 5.41. The SMILES string of the molecule is CCCCC(O)(CCCC)CCOCCC(O)(CCCC)CCCC. The minimum Gasteiger partial charge on any atom is -0.390 e. The number of aliphatic hydroxyl groups is 2. The van der Waals surface area contributed by atoms with Crippen molar-refractivity contribution in [2.24, 2.45) is 0 Å². The predicted molar refractivity (Wildman–Crippen MR) is 108 cm³/mol. The summed E-state index contributed by atoms with van der Waals surface area (Å²) in [6.45, 7) is 9.88. The average molecular weight is 359 g/mol. The van der Waals surface area contributed by atoms with Crippen molar-refractivity contribution >= 4 is 0 Å². The second-order valence-corrected chi connectivity index (χ2v) is 7.98. The summed E-state index contributed by atoms with van der Waals surface area (Å²) >= 11 is 0. The monoisotopic (exact) mass is 358 g/mol. The Bertz CT molecular complexity index is 247. The lowest BCUT2D eigenvalue weighted by atomic mass is 9.87. The van der Waals surface area contributed by atoms with Crippen LogP contribution in [0.5, 0.6) is 0 Å². The summed E-state index contributed by atoms with van der Waals surface area (Å²) < 4.78 is 5.82. The van der Waals surface area contributed by atoms with Gasteiger partial charge in [0.25, 0.3) is 0 Å².